The van der Waals surface area contributed by atoms with Crippen LogP contribution in [0.5, 0.6) is 0 Å². The van der Waals surface area contributed by atoms with Crippen LogP contribution in [-0.2, 0) is 11.2 Å². The SMILES string of the molecule is CCOC(=O)c1ccc(CCC2CCC([C@H]3CC[C@H](CC)CC3)CC2)cc1. The molecule has 0 N–H and O–H groups in total. The van der Waals surface area contributed by atoms with Gasteiger partial charge in [-0.2, -0.15) is 0 Å². The van der Waals surface area contributed by atoms with Crippen LogP contribution in [0.15, 0.2) is 24.3 Å². The molecule has 2 aliphatic rings. The lowest BCUT2D eigenvalue weighted by Crippen LogP contribution is -2.25. The molecular weight excluding hydrogens is 332 g/mol. The summed E-state index contributed by atoms with van der Waals surface area (Å²) in [5, 5.41) is 0. The van der Waals surface area contributed by atoms with Crippen molar-refractivity contribution in [2.75, 3.05) is 6.61 Å². The van der Waals surface area contributed by atoms with Gasteiger partial charge in [0.1, 0.15) is 0 Å². The minimum absolute atomic E-state index is 0.213. The lowest BCUT2D eigenvalue weighted by molar-refractivity contribution is 0.0526. The topological polar surface area (TPSA) is 26.3 Å². The number of hydrogen-bond acceptors (Lipinski definition) is 2. The van der Waals surface area contributed by atoms with Gasteiger partial charge in [-0.15, -0.1) is 0 Å². The minimum atomic E-state index is -0.213. The molecule has 0 unspecified atom stereocenters. The van der Waals surface area contributed by atoms with Crippen LogP contribution in [0, 0.1) is 23.7 Å². The summed E-state index contributed by atoms with van der Waals surface area (Å²) in [6.45, 7) is 4.64. The van der Waals surface area contributed by atoms with Gasteiger partial charge in [0.25, 0.3) is 0 Å². The summed E-state index contributed by atoms with van der Waals surface area (Å²) >= 11 is 0. The highest BCUT2D eigenvalue weighted by Gasteiger charge is 2.30. The minimum Gasteiger partial charge on any atom is -0.462 e. The molecule has 0 saturated heterocycles. The summed E-state index contributed by atoms with van der Waals surface area (Å²) in [4.78, 5) is 11.7. The molecule has 0 aliphatic heterocycles. The van der Waals surface area contributed by atoms with E-state index in [0.717, 1.165) is 30.1 Å². The van der Waals surface area contributed by atoms with E-state index in [4.69, 9.17) is 4.74 Å². The summed E-state index contributed by atoms with van der Waals surface area (Å²) in [6.07, 6.45) is 15.6. The Hall–Kier alpha value is -1.31. The Balaban J connectivity index is 1.38. The number of carbonyl (C=O) groups is 1. The standard InChI is InChI=1S/C25H38O2/c1-3-19-7-13-22(14-8-19)23-15-9-20(10-16-23)5-6-21-11-17-24(18-12-21)25(26)27-4-2/h11-12,17-20,22-23H,3-10,13-16H2,1-2H3/t19-,20?,22-,23?. The van der Waals surface area contributed by atoms with Gasteiger partial charge in [0.05, 0.1) is 12.2 Å². The Labute approximate surface area is 166 Å². The zero-order valence-corrected chi connectivity index (χ0v) is 17.4. The number of rotatable bonds is 7. The van der Waals surface area contributed by atoms with E-state index in [1.165, 1.54) is 69.8 Å². The third-order valence-corrected chi connectivity index (χ3v) is 7.33. The molecule has 1 aromatic carbocycles. The molecule has 0 radical (unpaired) electrons. The number of carbonyl (C=O) groups excluding carboxylic acids is 1. The fraction of sp³-hybridized carbons (Fsp3) is 0.720. The number of benzene rings is 1. The maximum Gasteiger partial charge on any atom is 0.338 e. The second kappa shape index (κ2) is 10.3. The van der Waals surface area contributed by atoms with Crippen LogP contribution in [0.2, 0.25) is 0 Å². The van der Waals surface area contributed by atoms with Crippen molar-refractivity contribution in [3.63, 3.8) is 0 Å². The Kier molecular flexibility index (Phi) is 7.79. The zero-order valence-electron chi connectivity index (χ0n) is 17.4. The molecule has 1 aromatic rings. The Bertz CT molecular complexity index is 560. The van der Waals surface area contributed by atoms with Crippen LogP contribution in [0.1, 0.15) is 94.0 Å². The second-order valence-corrected chi connectivity index (χ2v) is 8.93. The first-order chi connectivity index (χ1) is 13.2. The summed E-state index contributed by atoms with van der Waals surface area (Å²) in [5.74, 6) is 3.76. The molecule has 0 bridgehead atoms. The molecule has 2 heteroatoms. The summed E-state index contributed by atoms with van der Waals surface area (Å²) in [7, 11) is 0. The van der Waals surface area contributed by atoms with Crippen molar-refractivity contribution in [2.24, 2.45) is 23.7 Å². The van der Waals surface area contributed by atoms with Crippen molar-refractivity contribution < 1.29 is 9.53 Å². The van der Waals surface area contributed by atoms with Gasteiger partial charge in [0.2, 0.25) is 0 Å². The van der Waals surface area contributed by atoms with Crippen molar-refractivity contribution in [3.8, 4) is 0 Å². The largest absolute Gasteiger partial charge is 0.462 e. The fourth-order valence-corrected chi connectivity index (χ4v) is 5.41. The molecule has 0 atom stereocenters. The van der Waals surface area contributed by atoms with Gasteiger partial charge in [0.15, 0.2) is 0 Å². The summed E-state index contributed by atoms with van der Waals surface area (Å²) < 4.78 is 5.06. The monoisotopic (exact) mass is 370 g/mol. The Morgan fingerprint density at radius 3 is 1.93 bits per heavy atom. The van der Waals surface area contributed by atoms with E-state index >= 15 is 0 Å². The van der Waals surface area contributed by atoms with Gasteiger partial charge in [-0.3, -0.25) is 0 Å². The van der Waals surface area contributed by atoms with Crippen molar-refractivity contribution in [1.29, 1.82) is 0 Å². The highest BCUT2D eigenvalue weighted by Crippen LogP contribution is 2.42. The summed E-state index contributed by atoms with van der Waals surface area (Å²) in [6, 6.07) is 8.03. The molecule has 0 amide bonds. The van der Waals surface area contributed by atoms with E-state index in [0.29, 0.717) is 12.2 Å². The van der Waals surface area contributed by atoms with Crippen LogP contribution in [0.3, 0.4) is 0 Å². The first-order valence-corrected chi connectivity index (χ1v) is 11.5. The smallest absolute Gasteiger partial charge is 0.338 e. The third-order valence-electron chi connectivity index (χ3n) is 7.33. The van der Waals surface area contributed by atoms with Crippen molar-refractivity contribution in [3.05, 3.63) is 35.4 Å². The Morgan fingerprint density at radius 1 is 0.852 bits per heavy atom. The van der Waals surface area contributed by atoms with Crippen LogP contribution in [-0.4, -0.2) is 12.6 Å². The lowest BCUT2D eigenvalue weighted by Gasteiger charge is -2.37. The molecule has 2 saturated carbocycles. The van der Waals surface area contributed by atoms with Gasteiger partial charge in [0, 0.05) is 0 Å². The first-order valence-electron chi connectivity index (χ1n) is 11.5. The molecule has 0 aromatic heterocycles. The van der Waals surface area contributed by atoms with Crippen LogP contribution in [0.4, 0.5) is 0 Å². The predicted molar refractivity (Wildman–Crippen MR) is 112 cm³/mol. The van der Waals surface area contributed by atoms with E-state index in [2.05, 4.69) is 19.1 Å². The number of ether oxygens (including phenoxy) is 1. The van der Waals surface area contributed by atoms with Crippen LogP contribution >= 0.6 is 0 Å². The second-order valence-electron chi connectivity index (χ2n) is 8.93. The molecule has 2 fully saturated rings. The van der Waals surface area contributed by atoms with Crippen LogP contribution in [0.25, 0.3) is 0 Å². The van der Waals surface area contributed by atoms with Crippen molar-refractivity contribution in [1.82, 2.24) is 0 Å². The number of esters is 1. The molecular formula is C25H38O2. The van der Waals surface area contributed by atoms with E-state index in [-0.39, 0.29) is 5.97 Å². The number of hydrogen-bond donors (Lipinski definition) is 0. The summed E-state index contributed by atoms with van der Waals surface area (Å²) in [5.41, 5.74) is 2.02. The third kappa shape index (κ3) is 5.83. The normalized spacial score (nSPS) is 28.7. The highest BCUT2D eigenvalue weighted by molar-refractivity contribution is 5.89. The van der Waals surface area contributed by atoms with Gasteiger partial charge in [-0.05, 0) is 86.8 Å². The van der Waals surface area contributed by atoms with Gasteiger partial charge in [-0.25, -0.2) is 4.79 Å². The maximum absolute atomic E-state index is 11.7. The molecule has 0 spiro atoms. The van der Waals surface area contributed by atoms with E-state index in [1.807, 2.05) is 19.1 Å². The van der Waals surface area contributed by atoms with Crippen molar-refractivity contribution >= 4 is 5.97 Å². The van der Waals surface area contributed by atoms with Crippen LogP contribution < -0.4 is 0 Å². The van der Waals surface area contributed by atoms with Gasteiger partial charge >= 0.3 is 5.97 Å². The molecule has 2 nitrogen and oxygen atoms in total. The highest BCUT2D eigenvalue weighted by atomic mass is 16.5. The first kappa shape index (κ1) is 20.4. The quantitative estimate of drug-likeness (QED) is 0.492. The molecule has 3 rings (SSSR count). The van der Waals surface area contributed by atoms with E-state index in [1.54, 1.807) is 0 Å². The fourth-order valence-electron chi connectivity index (χ4n) is 5.41. The average molecular weight is 371 g/mol. The molecule has 27 heavy (non-hydrogen) atoms. The van der Waals surface area contributed by atoms with E-state index < -0.39 is 0 Å². The van der Waals surface area contributed by atoms with Gasteiger partial charge < -0.3 is 4.74 Å². The lowest BCUT2D eigenvalue weighted by atomic mass is 9.68. The number of aryl methyl sites for hydroxylation is 1. The van der Waals surface area contributed by atoms with Crippen molar-refractivity contribution in [2.45, 2.75) is 84.5 Å². The molecule has 0 heterocycles. The molecule has 2 aliphatic carbocycles. The Morgan fingerprint density at radius 2 is 1.41 bits per heavy atom. The average Bonchev–Trinajstić information content (AvgIpc) is 2.73. The van der Waals surface area contributed by atoms with E-state index in [9.17, 15) is 4.79 Å². The maximum atomic E-state index is 11.7. The van der Waals surface area contributed by atoms with Gasteiger partial charge in [-0.1, -0.05) is 51.2 Å². The zero-order chi connectivity index (χ0) is 19.1. The predicted octanol–water partition coefficient (Wildman–Crippen LogP) is 6.82. The molecule has 150 valence electrons.